The highest BCUT2D eigenvalue weighted by Crippen LogP contribution is 2.46. The monoisotopic (exact) mass is 372 g/mol. The predicted molar refractivity (Wildman–Crippen MR) is 120 cm³/mol. The van der Waals surface area contributed by atoms with Crippen LogP contribution in [0.3, 0.4) is 0 Å². The van der Waals surface area contributed by atoms with Gasteiger partial charge in [0.1, 0.15) is 7.05 Å². The third-order valence-electron chi connectivity index (χ3n) is 5.61. The van der Waals surface area contributed by atoms with Crippen LogP contribution >= 0.6 is 11.3 Å². The molecule has 1 aliphatic rings. The van der Waals surface area contributed by atoms with Crippen molar-refractivity contribution in [3.8, 4) is 0 Å². The van der Waals surface area contributed by atoms with E-state index in [4.69, 9.17) is 0 Å². The van der Waals surface area contributed by atoms with Gasteiger partial charge in [-0.25, -0.2) is 0 Å². The highest BCUT2D eigenvalue weighted by atomic mass is 32.1. The van der Waals surface area contributed by atoms with Crippen molar-refractivity contribution in [2.75, 3.05) is 7.05 Å². The van der Waals surface area contributed by atoms with Crippen LogP contribution in [-0.2, 0) is 5.41 Å². The van der Waals surface area contributed by atoms with Gasteiger partial charge in [-0.2, -0.15) is 4.58 Å². The van der Waals surface area contributed by atoms with E-state index >= 15 is 0 Å². The number of thiophene rings is 1. The molecule has 0 fully saturated rings. The summed E-state index contributed by atoms with van der Waals surface area (Å²) in [4.78, 5) is 1.29. The molecule has 2 heterocycles. The van der Waals surface area contributed by atoms with Crippen molar-refractivity contribution in [2.24, 2.45) is 0 Å². The van der Waals surface area contributed by atoms with Crippen LogP contribution in [0, 0.1) is 0 Å². The maximum absolute atomic E-state index is 2.40. The van der Waals surface area contributed by atoms with Crippen LogP contribution in [-0.4, -0.2) is 17.3 Å². The molecule has 2 heteroatoms. The van der Waals surface area contributed by atoms with E-state index in [0.717, 1.165) is 6.42 Å². The van der Waals surface area contributed by atoms with Gasteiger partial charge in [0.25, 0.3) is 0 Å². The number of rotatable bonds is 4. The Morgan fingerprint density at radius 3 is 2.59 bits per heavy atom. The molecule has 0 bridgehead atoms. The standard InChI is InChI=1S/C25H26NS/c1-18(2)15-16-25(3)23(14-12-20-9-7-17-27-20)26(4)22-13-11-19-8-5-6-10-21(19)24(22)25/h5-15,17H,16H2,1-4H3/q+1. The minimum absolute atomic E-state index is 0.0457. The Labute approximate surface area is 166 Å². The number of benzene rings is 2. The van der Waals surface area contributed by atoms with E-state index in [-0.39, 0.29) is 5.41 Å². The quantitative estimate of drug-likeness (QED) is 0.344. The van der Waals surface area contributed by atoms with Crippen LogP contribution in [0.4, 0.5) is 5.69 Å². The van der Waals surface area contributed by atoms with Gasteiger partial charge in [-0.3, -0.25) is 0 Å². The number of hydrogen-bond donors (Lipinski definition) is 0. The SMILES string of the molecule is CC(C)=CCC1(C)C(C=Cc2cccs2)=[N+](C)c2ccc3ccccc3c21. The topological polar surface area (TPSA) is 3.01 Å². The lowest BCUT2D eigenvalue weighted by Gasteiger charge is -2.22. The molecule has 2 aromatic carbocycles. The summed E-state index contributed by atoms with van der Waals surface area (Å²) in [5.41, 5.74) is 5.46. The minimum atomic E-state index is -0.0457. The molecule has 1 aromatic heterocycles. The fourth-order valence-corrected chi connectivity index (χ4v) is 4.82. The van der Waals surface area contributed by atoms with Crippen molar-refractivity contribution in [3.05, 3.63) is 82.1 Å². The molecule has 0 N–H and O–H groups in total. The van der Waals surface area contributed by atoms with Gasteiger partial charge in [-0.1, -0.05) is 42.0 Å². The zero-order valence-corrected chi connectivity index (χ0v) is 17.3. The summed E-state index contributed by atoms with van der Waals surface area (Å²) in [7, 11) is 2.20. The summed E-state index contributed by atoms with van der Waals surface area (Å²) >= 11 is 1.78. The molecule has 0 spiro atoms. The largest absolute Gasteiger partial charge is 0.210 e. The molecular weight excluding hydrogens is 346 g/mol. The summed E-state index contributed by atoms with van der Waals surface area (Å²) in [6, 6.07) is 17.6. The first-order chi connectivity index (χ1) is 13.0. The molecule has 1 nitrogen and oxygen atoms in total. The van der Waals surface area contributed by atoms with Gasteiger partial charge in [0.15, 0.2) is 5.71 Å². The lowest BCUT2D eigenvalue weighted by Crippen LogP contribution is -2.30. The molecule has 0 radical (unpaired) electrons. The number of fused-ring (bicyclic) bond motifs is 3. The van der Waals surface area contributed by atoms with Crippen LogP contribution in [0.25, 0.3) is 16.8 Å². The summed E-state index contributed by atoms with van der Waals surface area (Å²) < 4.78 is 2.38. The fourth-order valence-electron chi connectivity index (χ4n) is 4.21. The first-order valence-electron chi connectivity index (χ1n) is 9.49. The molecule has 0 aliphatic carbocycles. The van der Waals surface area contributed by atoms with Gasteiger partial charge in [0.05, 0.1) is 5.41 Å². The van der Waals surface area contributed by atoms with Crippen molar-refractivity contribution in [2.45, 2.75) is 32.6 Å². The van der Waals surface area contributed by atoms with Crippen molar-refractivity contribution in [1.29, 1.82) is 0 Å². The molecule has 3 aromatic rings. The van der Waals surface area contributed by atoms with Gasteiger partial charge in [0.2, 0.25) is 5.69 Å². The Bertz CT molecular complexity index is 1080. The number of nitrogens with zero attached hydrogens (tertiary/aromatic N) is 1. The van der Waals surface area contributed by atoms with Crippen molar-refractivity contribution in [3.63, 3.8) is 0 Å². The van der Waals surface area contributed by atoms with E-state index in [9.17, 15) is 0 Å². The Balaban J connectivity index is 1.93. The minimum Gasteiger partial charge on any atom is -0.198 e. The van der Waals surface area contributed by atoms with Gasteiger partial charge in [-0.05, 0) is 61.6 Å². The van der Waals surface area contributed by atoms with Crippen LogP contribution in [0.5, 0.6) is 0 Å². The second-order valence-corrected chi connectivity index (χ2v) is 8.77. The van der Waals surface area contributed by atoms with E-state index < -0.39 is 0 Å². The Hall–Kier alpha value is -2.45. The van der Waals surface area contributed by atoms with Gasteiger partial charge in [-0.15, -0.1) is 11.3 Å². The highest BCUT2D eigenvalue weighted by Gasteiger charge is 2.46. The van der Waals surface area contributed by atoms with E-state index in [1.54, 1.807) is 11.3 Å². The number of hydrogen-bond acceptors (Lipinski definition) is 1. The normalized spacial score (nSPS) is 19.1. The average molecular weight is 373 g/mol. The molecule has 0 saturated carbocycles. The summed E-state index contributed by atoms with van der Waals surface area (Å²) in [6.07, 6.45) is 7.96. The molecule has 0 saturated heterocycles. The Kier molecular flexibility index (Phi) is 4.61. The maximum atomic E-state index is 2.40. The summed E-state index contributed by atoms with van der Waals surface area (Å²) in [6.45, 7) is 6.77. The summed E-state index contributed by atoms with van der Waals surface area (Å²) in [5, 5.41) is 4.82. The van der Waals surface area contributed by atoms with Crippen LogP contribution in [0.1, 0.15) is 37.6 Å². The van der Waals surface area contributed by atoms with Gasteiger partial charge < -0.3 is 0 Å². The second-order valence-electron chi connectivity index (χ2n) is 7.79. The first-order valence-corrected chi connectivity index (χ1v) is 10.4. The summed E-state index contributed by atoms with van der Waals surface area (Å²) in [5.74, 6) is 0. The zero-order chi connectivity index (χ0) is 19.0. The number of allylic oxidation sites excluding steroid dienone is 3. The lowest BCUT2D eigenvalue weighted by molar-refractivity contribution is -0.401. The molecule has 136 valence electrons. The second kappa shape index (κ2) is 6.94. The zero-order valence-electron chi connectivity index (χ0n) is 16.5. The molecular formula is C25H26NS+. The van der Waals surface area contributed by atoms with Crippen LogP contribution < -0.4 is 0 Å². The Morgan fingerprint density at radius 2 is 1.85 bits per heavy atom. The third-order valence-corrected chi connectivity index (χ3v) is 6.45. The Morgan fingerprint density at radius 1 is 1.04 bits per heavy atom. The van der Waals surface area contributed by atoms with Crippen LogP contribution in [0.15, 0.2) is 71.6 Å². The molecule has 1 unspecified atom stereocenters. The average Bonchev–Trinajstić information content (AvgIpc) is 3.25. The molecule has 1 aliphatic heterocycles. The van der Waals surface area contributed by atoms with Gasteiger partial charge in [0, 0.05) is 22.6 Å². The predicted octanol–water partition coefficient (Wildman–Crippen LogP) is 6.96. The van der Waals surface area contributed by atoms with Crippen molar-refractivity contribution < 1.29 is 4.58 Å². The third kappa shape index (κ3) is 3.08. The van der Waals surface area contributed by atoms with Crippen LogP contribution in [0.2, 0.25) is 0 Å². The van der Waals surface area contributed by atoms with Crippen molar-refractivity contribution >= 4 is 39.6 Å². The first kappa shape index (κ1) is 17.9. The smallest absolute Gasteiger partial charge is 0.198 e. The van der Waals surface area contributed by atoms with Gasteiger partial charge >= 0.3 is 0 Å². The van der Waals surface area contributed by atoms with Crippen molar-refractivity contribution in [1.82, 2.24) is 0 Å². The fraction of sp³-hybridized carbons (Fsp3) is 0.240. The maximum Gasteiger partial charge on any atom is 0.210 e. The highest BCUT2D eigenvalue weighted by molar-refractivity contribution is 7.10. The molecule has 0 amide bonds. The molecule has 27 heavy (non-hydrogen) atoms. The lowest BCUT2D eigenvalue weighted by atomic mass is 9.74. The van der Waals surface area contributed by atoms with E-state index in [2.05, 4.69) is 105 Å². The van der Waals surface area contributed by atoms with E-state index in [1.807, 2.05) is 0 Å². The molecule has 1 atom stereocenters. The van der Waals surface area contributed by atoms with E-state index in [1.165, 1.54) is 38.2 Å². The molecule has 4 rings (SSSR count). The van der Waals surface area contributed by atoms with E-state index in [0.29, 0.717) is 0 Å².